The first-order valence-corrected chi connectivity index (χ1v) is 6.13. The van der Waals surface area contributed by atoms with Crippen LogP contribution in [0.1, 0.15) is 13.8 Å². The Morgan fingerprint density at radius 2 is 2.11 bits per heavy atom. The minimum absolute atomic E-state index is 0.0768. The van der Waals surface area contributed by atoms with E-state index in [4.69, 9.17) is 0 Å². The van der Waals surface area contributed by atoms with Crippen LogP contribution in [0.15, 0.2) is 18.2 Å². The number of rotatable bonds is 4. The molecule has 7 heteroatoms. The second-order valence-electron chi connectivity index (χ2n) is 4.06. The lowest BCUT2D eigenvalue weighted by molar-refractivity contribution is -0.387. The summed E-state index contributed by atoms with van der Waals surface area (Å²) in [5, 5.41) is 12.9. The molecule has 1 atom stereocenters. The van der Waals surface area contributed by atoms with Crippen molar-refractivity contribution in [3.63, 3.8) is 0 Å². The van der Waals surface area contributed by atoms with Gasteiger partial charge in [0, 0.05) is 17.8 Å². The van der Waals surface area contributed by atoms with Gasteiger partial charge in [0.25, 0.3) is 0 Å². The Morgan fingerprint density at radius 3 is 2.56 bits per heavy atom. The first-order chi connectivity index (χ1) is 8.32. The van der Waals surface area contributed by atoms with Crippen molar-refractivity contribution in [2.75, 3.05) is 5.32 Å². The smallest absolute Gasteiger partial charge is 0.304 e. The third kappa shape index (κ3) is 3.49. The number of carbonyl (C=O) groups is 1. The summed E-state index contributed by atoms with van der Waals surface area (Å²) in [6.07, 6.45) is 0. The van der Waals surface area contributed by atoms with Crippen LogP contribution in [-0.4, -0.2) is 15.7 Å². The average molecular weight is 319 g/mol. The SMILES string of the molecule is CC(C)C(Br)C(=O)Nc1ccc([N+](=O)[O-])c(F)c1. The van der Waals surface area contributed by atoms with Gasteiger partial charge in [0.1, 0.15) is 0 Å². The van der Waals surface area contributed by atoms with Crippen molar-refractivity contribution >= 4 is 33.2 Å². The van der Waals surface area contributed by atoms with E-state index >= 15 is 0 Å². The van der Waals surface area contributed by atoms with Crippen molar-refractivity contribution < 1.29 is 14.1 Å². The summed E-state index contributed by atoms with van der Waals surface area (Å²) in [6, 6.07) is 3.23. The molecule has 1 amide bonds. The minimum Gasteiger partial charge on any atom is -0.325 e. The van der Waals surface area contributed by atoms with E-state index in [9.17, 15) is 19.3 Å². The molecule has 0 aromatic heterocycles. The molecule has 0 bridgehead atoms. The highest BCUT2D eigenvalue weighted by molar-refractivity contribution is 9.10. The van der Waals surface area contributed by atoms with Crippen LogP contribution < -0.4 is 5.32 Å². The van der Waals surface area contributed by atoms with Crippen LogP contribution in [0, 0.1) is 21.8 Å². The molecule has 0 spiro atoms. The van der Waals surface area contributed by atoms with Gasteiger partial charge >= 0.3 is 5.69 Å². The topological polar surface area (TPSA) is 72.2 Å². The van der Waals surface area contributed by atoms with Crippen LogP contribution in [0.5, 0.6) is 0 Å². The van der Waals surface area contributed by atoms with Gasteiger partial charge in [-0.15, -0.1) is 0 Å². The first-order valence-electron chi connectivity index (χ1n) is 5.21. The standard InChI is InChI=1S/C11H12BrFN2O3/c1-6(2)10(12)11(16)14-7-3-4-9(15(17)18)8(13)5-7/h3-6,10H,1-2H3,(H,14,16). The van der Waals surface area contributed by atoms with E-state index in [0.29, 0.717) is 0 Å². The van der Waals surface area contributed by atoms with Crippen molar-refractivity contribution in [2.45, 2.75) is 18.7 Å². The summed E-state index contributed by atoms with van der Waals surface area (Å²) in [7, 11) is 0. The van der Waals surface area contributed by atoms with Crippen molar-refractivity contribution in [2.24, 2.45) is 5.92 Å². The molecule has 0 heterocycles. The third-order valence-corrected chi connectivity index (χ3v) is 3.72. The van der Waals surface area contributed by atoms with Gasteiger partial charge in [-0.3, -0.25) is 14.9 Å². The fourth-order valence-corrected chi connectivity index (χ4v) is 1.36. The highest BCUT2D eigenvalue weighted by atomic mass is 79.9. The van der Waals surface area contributed by atoms with E-state index in [1.54, 1.807) is 0 Å². The van der Waals surface area contributed by atoms with Gasteiger partial charge in [-0.05, 0) is 12.0 Å². The number of alkyl halides is 1. The summed E-state index contributed by atoms with van der Waals surface area (Å²) in [6.45, 7) is 3.71. The Labute approximate surface area is 112 Å². The van der Waals surface area contributed by atoms with Gasteiger partial charge in [0.15, 0.2) is 0 Å². The van der Waals surface area contributed by atoms with Crippen LogP contribution >= 0.6 is 15.9 Å². The fourth-order valence-electron chi connectivity index (χ4n) is 1.25. The van der Waals surface area contributed by atoms with E-state index in [2.05, 4.69) is 21.2 Å². The zero-order valence-electron chi connectivity index (χ0n) is 9.81. The number of benzene rings is 1. The summed E-state index contributed by atoms with van der Waals surface area (Å²) in [4.78, 5) is 20.9. The molecule has 1 rings (SSSR count). The molecule has 0 fully saturated rings. The highest BCUT2D eigenvalue weighted by Gasteiger charge is 2.20. The number of anilines is 1. The largest absolute Gasteiger partial charge is 0.325 e. The highest BCUT2D eigenvalue weighted by Crippen LogP contribution is 2.22. The lowest BCUT2D eigenvalue weighted by atomic mass is 10.1. The number of nitrogens with one attached hydrogen (secondary N) is 1. The predicted molar refractivity (Wildman–Crippen MR) is 69.2 cm³/mol. The molecule has 0 radical (unpaired) electrons. The molecule has 1 aromatic rings. The summed E-state index contributed by atoms with van der Waals surface area (Å²) in [5.41, 5.74) is -0.430. The number of hydrogen-bond acceptors (Lipinski definition) is 3. The minimum atomic E-state index is -0.978. The number of hydrogen-bond donors (Lipinski definition) is 1. The van der Waals surface area contributed by atoms with Crippen LogP contribution in [0.2, 0.25) is 0 Å². The maximum atomic E-state index is 13.3. The number of nitro benzene ring substituents is 1. The van der Waals surface area contributed by atoms with Crippen LogP contribution in [0.4, 0.5) is 15.8 Å². The summed E-state index contributed by atoms with van der Waals surface area (Å²) < 4.78 is 13.3. The Hall–Kier alpha value is -1.50. The Kier molecular flexibility index (Phi) is 4.77. The molecule has 0 aliphatic carbocycles. The average Bonchev–Trinajstić information content (AvgIpc) is 2.27. The quantitative estimate of drug-likeness (QED) is 0.526. The van der Waals surface area contributed by atoms with Gasteiger partial charge in [0.2, 0.25) is 11.7 Å². The second kappa shape index (κ2) is 5.90. The molecule has 98 valence electrons. The predicted octanol–water partition coefficient (Wildman–Crippen LogP) is 3.09. The van der Waals surface area contributed by atoms with Gasteiger partial charge in [0.05, 0.1) is 9.75 Å². The molecule has 0 aliphatic heterocycles. The number of nitrogens with zero attached hydrogens (tertiary/aromatic N) is 1. The van der Waals surface area contributed by atoms with Gasteiger partial charge in [-0.1, -0.05) is 29.8 Å². The zero-order valence-corrected chi connectivity index (χ0v) is 11.4. The molecule has 0 aliphatic rings. The lowest BCUT2D eigenvalue weighted by Gasteiger charge is -2.13. The van der Waals surface area contributed by atoms with Crippen LogP contribution in [0.3, 0.4) is 0 Å². The van der Waals surface area contributed by atoms with E-state index in [1.165, 1.54) is 6.07 Å². The van der Waals surface area contributed by atoms with Crippen molar-refractivity contribution in [3.8, 4) is 0 Å². The van der Waals surface area contributed by atoms with E-state index < -0.39 is 21.3 Å². The number of carbonyl (C=O) groups excluding carboxylic acids is 1. The molecule has 5 nitrogen and oxygen atoms in total. The molecule has 0 saturated heterocycles. The van der Waals surface area contributed by atoms with Gasteiger partial charge in [-0.2, -0.15) is 4.39 Å². The van der Waals surface area contributed by atoms with E-state index in [-0.39, 0.29) is 17.5 Å². The normalized spacial score (nSPS) is 12.3. The molecule has 1 aromatic carbocycles. The van der Waals surface area contributed by atoms with Crippen LogP contribution in [0.25, 0.3) is 0 Å². The molecule has 18 heavy (non-hydrogen) atoms. The Bertz CT molecular complexity index is 479. The summed E-state index contributed by atoms with van der Waals surface area (Å²) in [5.74, 6) is -1.22. The number of halogens is 2. The molecular weight excluding hydrogens is 307 g/mol. The monoisotopic (exact) mass is 318 g/mol. The van der Waals surface area contributed by atoms with Gasteiger partial charge < -0.3 is 5.32 Å². The second-order valence-corrected chi connectivity index (χ2v) is 5.04. The summed E-state index contributed by atoms with van der Waals surface area (Å²) >= 11 is 3.21. The maximum absolute atomic E-state index is 13.3. The van der Waals surface area contributed by atoms with E-state index in [1.807, 2.05) is 13.8 Å². The fraction of sp³-hybridized carbons (Fsp3) is 0.364. The molecule has 1 N–H and O–H groups in total. The first kappa shape index (κ1) is 14.6. The van der Waals surface area contributed by atoms with Gasteiger partial charge in [-0.25, -0.2) is 0 Å². The van der Waals surface area contributed by atoms with Crippen LogP contribution in [-0.2, 0) is 4.79 Å². The van der Waals surface area contributed by atoms with Crippen molar-refractivity contribution in [1.82, 2.24) is 0 Å². The molecule has 0 saturated carbocycles. The maximum Gasteiger partial charge on any atom is 0.304 e. The van der Waals surface area contributed by atoms with Crippen molar-refractivity contribution in [3.05, 3.63) is 34.1 Å². The Balaban J connectivity index is 2.84. The number of nitro groups is 1. The van der Waals surface area contributed by atoms with E-state index in [0.717, 1.165) is 12.1 Å². The Morgan fingerprint density at radius 1 is 1.50 bits per heavy atom. The lowest BCUT2D eigenvalue weighted by Crippen LogP contribution is -2.27. The molecule has 1 unspecified atom stereocenters. The zero-order chi connectivity index (χ0) is 13.9. The third-order valence-electron chi connectivity index (χ3n) is 2.25. The number of amides is 1. The molecular formula is C11H12BrFN2O3. The van der Waals surface area contributed by atoms with Crippen molar-refractivity contribution in [1.29, 1.82) is 0 Å².